The molecule has 32 heavy (non-hydrogen) atoms. The van der Waals surface area contributed by atoms with E-state index in [1.54, 1.807) is 18.2 Å². The maximum absolute atomic E-state index is 12.5. The van der Waals surface area contributed by atoms with Crippen LogP contribution in [0.15, 0.2) is 78.4 Å². The van der Waals surface area contributed by atoms with E-state index >= 15 is 0 Å². The molecule has 8 nitrogen and oxygen atoms in total. The van der Waals surface area contributed by atoms with Crippen molar-refractivity contribution in [3.05, 3.63) is 99.6 Å². The number of benzene rings is 3. The summed E-state index contributed by atoms with van der Waals surface area (Å²) < 4.78 is 11.2. The highest BCUT2D eigenvalue weighted by Gasteiger charge is 2.12. The van der Waals surface area contributed by atoms with Crippen LogP contribution in [0.3, 0.4) is 0 Å². The van der Waals surface area contributed by atoms with Crippen LogP contribution in [0, 0.1) is 21.4 Å². The number of nitro groups is 1. The average molecular weight is 429 g/mol. The number of anilines is 1. The van der Waals surface area contributed by atoms with E-state index in [0.29, 0.717) is 29.4 Å². The molecular weight excluding hydrogens is 410 g/mol. The fourth-order valence-corrected chi connectivity index (χ4v) is 2.81. The Morgan fingerprint density at radius 2 is 1.81 bits per heavy atom. The first-order valence-electron chi connectivity index (χ1n) is 9.52. The van der Waals surface area contributed by atoms with E-state index in [4.69, 9.17) is 9.47 Å². The molecule has 0 saturated heterocycles. The summed E-state index contributed by atoms with van der Waals surface area (Å²) in [5.41, 5.74) is 1.66. The highest BCUT2D eigenvalue weighted by Crippen LogP contribution is 2.30. The lowest BCUT2D eigenvalue weighted by molar-refractivity contribution is -0.384. The smallest absolute Gasteiger partial charge is 0.269 e. The zero-order valence-corrected chi connectivity index (χ0v) is 17.1. The minimum absolute atomic E-state index is 0.0969. The fraction of sp³-hybridized carbons (Fsp3) is 0.0833. The van der Waals surface area contributed by atoms with Crippen molar-refractivity contribution in [3.8, 4) is 17.6 Å². The van der Waals surface area contributed by atoms with Gasteiger partial charge in [-0.25, -0.2) is 0 Å². The van der Waals surface area contributed by atoms with Gasteiger partial charge in [-0.1, -0.05) is 36.4 Å². The number of hydrogen-bond donors (Lipinski definition) is 1. The van der Waals surface area contributed by atoms with Crippen LogP contribution >= 0.6 is 0 Å². The molecule has 0 saturated carbocycles. The summed E-state index contributed by atoms with van der Waals surface area (Å²) in [4.78, 5) is 22.7. The number of non-ortho nitro benzene ring substituents is 1. The average Bonchev–Trinajstić information content (AvgIpc) is 2.82. The summed E-state index contributed by atoms with van der Waals surface area (Å²) in [6.45, 7) is 0.329. The molecule has 0 aliphatic carbocycles. The van der Waals surface area contributed by atoms with Crippen LogP contribution in [0.2, 0.25) is 0 Å². The van der Waals surface area contributed by atoms with E-state index in [1.165, 1.54) is 37.5 Å². The number of carbonyl (C=O) groups excluding carboxylic acids is 1. The quantitative estimate of drug-likeness (QED) is 0.240. The van der Waals surface area contributed by atoms with E-state index in [1.807, 2.05) is 36.4 Å². The van der Waals surface area contributed by atoms with Crippen molar-refractivity contribution in [2.75, 3.05) is 12.4 Å². The Morgan fingerprint density at radius 3 is 2.44 bits per heavy atom. The molecule has 0 fully saturated rings. The highest BCUT2D eigenvalue weighted by molar-refractivity contribution is 6.09. The van der Waals surface area contributed by atoms with Crippen molar-refractivity contribution in [2.24, 2.45) is 0 Å². The minimum Gasteiger partial charge on any atom is -0.493 e. The maximum atomic E-state index is 12.5. The summed E-state index contributed by atoms with van der Waals surface area (Å²) in [6.07, 6.45) is 1.43. The predicted molar refractivity (Wildman–Crippen MR) is 119 cm³/mol. The lowest BCUT2D eigenvalue weighted by atomic mass is 10.1. The zero-order valence-electron chi connectivity index (χ0n) is 17.1. The van der Waals surface area contributed by atoms with Gasteiger partial charge in [-0.05, 0) is 41.5 Å². The Labute approximate surface area is 184 Å². The largest absolute Gasteiger partial charge is 0.493 e. The molecule has 0 heterocycles. The van der Waals surface area contributed by atoms with Crippen LogP contribution in [0.25, 0.3) is 6.08 Å². The number of nitriles is 1. The van der Waals surface area contributed by atoms with Crippen molar-refractivity contribution in [3.63, 3.8) is 0 Å². The van der Waals surface area contributed by atoms with Crippen LogP contribution in [0.1, 0.15) is 11.1 Å². The van der Waals surface area contributed by atoms with Crippen LogP contribution in [-0.2, 0) is 11.4 Å². The summed E-state index contributed by atoms with van der Waals surface area (Å²) >= 11 is 0. The van der Waals surface area contributed by atoms with Crippen molar-refractivity contribution >= 4 is 23.4 Å². The topological polar surface area (TPSA) is 114 Å². The zero-order chi connectivity index (χ0) is 22.9. The number of ether oxygens (including phenoxy) is 2. The van der Waals surface area contributed by atoms with Gasteiger partial charge in [0.2, 0.25) is 0 Å². The highest BCUT2D eigenvalue weighted by atomic mass is 16.6. The van der Waals surface area contributed by atoms with E-state index in [2.05, 4.69) is 5.32 Å². The van der Waals surface area contributed by atoms with E-state index in [9.17, 15) is 20.2 Å². The van der Waals surface area contributed by atoms with E-state index in [-0.39, 0.29) is 11.3 Å². The van der Waals surface area contributed by atoms with Crippen LogP contribution in [0.4, 0.5) is 11.4 Å². The standard InChI is InChI=1S/C24H19N3O5/c1-31-22-12-7-18(14-23(22)32-16-17-5-3-2-4-6-17)13-19(15-25)24(28)26-20-8-10-21(11-9-20)27(29)30/h2-14H,16H2,1H3,(H,26,28). The number of nitro benzene ring substituents is 1. The summed E-state index contributed by atoms with van der Waals surface area (Å²) in [5.74, 6) is 0.356. The summed E-state index contributed by atoms with van der Waals surface area (Å²) in [5, 5.41) is 22.7. The molecular formula is C24H19N3O5. The molecule has 0 aliphatic rings. The van der Waals surface area contributed by atoms with Crippen molar-refractivity contribution in [1.29, 1.82) is 5.26 Å². The predicted octanol–water partition coefficient (Wildman–Crippen LogP) is 4.73. The molecule has 3 rings (SSSR count). The number of nitrogens with one attached hydrogen (secondary N) is 1. The van der Waals surface area contributed by atoms with Crippen LogP contribution in [-0.4, -0.2) is 17.9 Å². The lowest BCUT2D eigenvalue weighted by Gasteiger charge is -2.12. The first-order chi connectivity index (χ1) is 15.5. The SMILES string of the molecule is COc1ccc(C=C(C#N)C(=O)Nc2ccc([N+](=O)[O-])cc2)cc1OCc1ccccc1. The van der Waals surface area contributed by atoms with Gasteiger partial charge in [0.1, 0.15) is 18.2 Å². The molecule has 0 bridgehead atoms. The third-order valence-corrected chi connectivity index (χ3v) is 4.44. The van der Waals surface area contributed by atoms with Gasteiger partial charge in [-0.15, -0.1) is 0 Å². The Hall–Kier alpha value is -4.64. The Balaban J connectivity index is 1.77. The summed E-state index contributed by atoms with van der Waals surface area (Å²) in [6, 6.07) is 21.9. The number of rotatable bonds is 8. The van der Waals surface area contributed by atoms with Gasteiger partial charge >= 0.3 is 0 Å². The normalized spacial score (nSPS) is 10.7. The van der Waals surface area contributed by atoms with Gasteiger partial charge in [0.05, 0.1) is 12.0 Å². The van der Waals surface area contributed by atoms with Gasteiger partial charge in [0, 0.05) is 17.8 Å². The number of hydrogen-bond acceptors (Lipinski definition) is 6. The van der Waals surface area contributed by atoms with Crippen LogP contribution < -0.4 is 14.8 Å². The minimum atomic E-state index is -0.635. The van der Waals surface area contributed by atoms with E-state index in [0.717, 1.165) is 5.56 Å². The fourth-order valence-electron chi connectivity index (χ4n) is 2.81. The van der Waals surface area contributed by atoms with Crippen molar-refractivity contribution < 1.29 is 19.2 Å². The van der Waals surface area contributed by atoms with Gasteiger partial charge in [-0.3, -0.25) is 14.9 Å². The number of nitrogens with zero attached hydrogens (tertiary/aromatic N) is 2. The molecule has 0 radical (unpaired) electrons. The third-order valence-electron chi connectivity index (χ3n) is 4.44. The van der Waals surface area contributed by atoms with Gasteiger partial charge in [-0.2, -0.15) is 5.26 Å². The van der Waals surface area contributed by atoms with Crippen molar-refractivity contribution in [2.45, 2.75) is 6.61 Å². The third kappa shape index (κ3) is 5.70. The maximum Gasteiger partial charge on any atom is 0.269 e. The molecule has 1 amide bonds. The second kappa shape index (κ2) is 10.4. The number of carbonyl (C=O) groups is 1. The molecule has 0 unspecified atom stereocenters. The van der Waals surface area contributed by atoms with Gasteiger partial charge in [0.15, 0.2) is 11.5 Å². The van der Waals surface area contributed by atoms with Gasteiger partial charge in [0.25, 0.3) is 11.6 Å². The molecule has 160 valence electrons. The first-order valence-corrected chi connectivity index (χ1v) is 9.52. The first kappa shape index (κ1) is 22.1. The molecule has 0 atom stereocenters. The molecule has 0 aliphatic heterocycles. The molecule has 0 spiro atoms. The van der Waals surface area contributed by atoms with E-state index < -0.39 is 10.8 Å². The van der Waals surface area contributed by atoms with Crippen LogP contribution in [0.5, 0.6) is 11.5 Å². The molecule has 3 aromatic rings. The Morgan fingerprint density at radius 1 is 1.09 bits per heavy atom. The van der Waals surface area contributed by atoms with Crippen molar-refractivity contribution in [1.82, 2.24) is 0 Å². The lowest BCUT2D eigenvalue weighted by Crippen LogP contribution is -2.13. The number of methoxy groups -OCH3 is 1. The number of amides is 1. The molecule has 3 aromatic carbocycles. The molecule has 8 heteroatoms. The van der Waals surface area contributed by atoms with Gasteiger partial charge < -0.3 is 14.8 Å². The Bertz CT molecular complexity index is 1180. The second-order valence-electron chi connectivity index (χ2n) is 6.61. The Kier molecular flexibility index (Phi) is 7.17. The second-order valence-corrected chi connectivity index (χ2v) is 6.61. The monoisotopic (exact) mass is 429 g/mol. The molecule has 0 aromatic heterocycles. The summed E-state index contributed by atoms with van der Waals surface area (Å²) in [7, 11) is 1.53. The molecule has 1 N–H and O–H groups in total.